The summed E-state index contributed by atoms with van der Waals surface area (Å²) < 4.78 is 6.78. The van der Waals surface area contributed by atoms with Gasteiger partial charge in [-0.2, -0.15) is 0 Å². The van der Waals surface area contributed by atoms with Crippen LogP contribution in [-0.2, 0) is 4.43 Å². The summed E-state index contributed by atoms with van der Waals surface area (Å²) in [5.41, 5.74) is 0. The third-order valence-electron chi connectivity index (χ3n) is 5.04. The van der Waals surface area contributed by atoms with Crippen molar-refractivity contribution in [1.29, 1.82) is 0 Å². The van der Waals surface area contributed by atoms with Crippen LogP contribution in [0.4, 0.5) is 0 Å². The fraction of sp³-hybridized carbons (Fsp3) is 0.308. The Kier molecular flexibility index (Phi) is 9.47. The molecule has 2 aromatic rings. The van der Waals surface area contributed by atoms with Crippen LogP contribution in [0.15, 0.2) is 97.1 Å². The van der Waals surface area contributed by atoms with Crippen LogP contribution in [0, 0.1) is 0 Å². The van der Waals surface area contributed by atoms with Crippen LogP contribution >= 0.6 is 0 Å². The van der Waals surface area contributed by atoms with Crippen molar-refractivity contribution < 1.29 is 14.6 Å². The quantitative estimate of drug-likeness (QED) is 0.450. The van der Waals surface area contributed by atoms with Crippen molar-refractivity contribution in [3.63, 3.8) is 0 Å². The van der Waals surface area contributed by atoms with Gasteiger partial charge in [-0.05, 0) is 21.8 Å². The molecule has 3 nitrogen and oxygen atoms in total. The van der Waals surface area contributed by atoms with E-state index < -0.39 is 14.4 Å². The largest absolute Gasteiger partial charge is 0.404 e. The summed E-state index contributed by atoms with van der Waals surface area (Å²) in [6, 6.07) is 21.2. The van der Waals surface area contributed by atoms with Gasteiger partial charge in [0, 0.05) is 6.61 Å². The number of hydrogen-bond acceptors (Lipinski definition) is 3. The lowest BCUT2D eigenvalue weighted by atomic mass is 10.2. The van der Waals surface area contributed by atoms with Crippen molar-refractivity contribution in [3.05, 3.63) is 97.1 Å². The van der Waals surface area contributed by atoms with Crippen LogP contribution in [0.3, 0.4) is 0 Å². The first-order valence-electron chi connectivity index (χ1n) is 10.5. The van der Waals surface area contributed by atoms with Gasteiger partial charge in [-0.25, -0.2) is 0 Å². The molecule has 0 aromatic heterocycles. The van der Waals surface area contributed by atoms with Gasteiger partial charge in [-0.1, -0.05) is 118 Å². The molecule has 0 amide bonds. The van der Waals surface area contributed by atoms with Crippen LogP contribution in [0.25, 0.3) is 0 Å². The Hall–Kier alpha value is -2.24. The summed E-state index contributed by atoms with van der Waals surface area (Å²) in [7, 11) is -2.49. The normalized spacial score (nSPS) is 14.2. The van der Waals surface area contributed by atoms with E-state index in [1.165, 1.54) is 10.4 Å². The van der Waals surface area contributed by atoms with E-state index >= 15 is 0 Å². The van der Waals surface area contributed by atoms with Crippen molar-refractivity contribution in [2.24, 2.45) is 0 Å². The summed E-state index contributed by atoms with van der Waals surface area (Å²) in [6.07, 6.45) is 11.0. The summed E-state index contributed by atoms with van der Waals surface area (Å²) in [5, 5.41) is 20.9. The highest BCUT2D eigenvalue weighted by atomic mass is 28.4. The van der Waals surface area contributed by atoms with Gasteiger partial charge in [0.05, 0.1) is 12.7 Å². The lowest BCUT2D eigenvalue weighted by molar-refractivity contribution is 0.170. The fourth-order valence-electron chi connectivity index (χ4n) is 3.62. The SMILES string of the molecule is CC(C)(C)[Si](OC/C=C/C=C\C=C/[C@H](O)CCO)(c1ccccc1)c1ccccc1. The number of rotatable bonds is 10. The smallest absolute Gasteiger partial charge is 0.261 e. The van der Waals surface area contributed by atoms with E-state index in [1.807, 2.05) is 36.4 Å². The van der Waals surface area contributed by atoms with E-state index in [0.29, 0.717) is 13.0 Å². The standard InChI is InChI=1S/C26H34O3Si/c1-26(2,3)30(24-16-10-7-11-17-24,25-18-12-8-13-19-25)29-22-14-6-4-5-9-15-23(28)20-21-27/h4-19,23,27-28H,20-22H2,1-3H3/b5-4-,14-6+,15-9-/t23-/m0/s1. The molecule has 160 valence electrons. The Morgan fingerprint density at radius 2 is 1.40 bits per heavy atom. The van der Waals surface area contributed by atoms with Gasteiger partial charge in [0.15, 0.2) is 0 Å². The Bertz CT molecular complexity index is 781. The van der Waals surface area contributed by atoms with Gasteiger partial charge in [0.1, 0.15) is 0 Å². The van der Waals surface area contributed by atoms with E-state index in [9.17, 15) is 5.11 Å². The molecule has 2 rings (SSSR count). The first kappa shape index (κ1) is 24.0. The first-order chi connectivity index (χ1) is 14.4. The van der Waals surface area contributed by atoms with Crippen LogP contribution in [-0.4, -0.2) is 37.8 Å². The number of aliphatic hydroxyl groups is 2. The van der Waals surface area contributed by atoms with Crippen molar-refractivity contribution in [1.82, 2.24) is 0 Å². The van der Waals surface area contributed by atoms with E-state index in [4.69, 9.17) is 9.53 Å². The molecule has 2 N–H and O–H groups in total. The Morgan fingerprint density at radius 3 is 1.90 bits per heavy atom. The Morgan fingerprint density at radius 1 is 0.867 bits per heavy atom. The van der Waals surface area contributed by atoms with Crippen molar-refractivity contribution >= 4 is 18.7 Å². The van der Waals surface area contributed by atoms with Gasteiger partial charge in [-0.15, -0.1) is 0 Å². The van der Waals surface area contributed by atoms with Gasteiger partial charge < -0.3 is 14.6 Å². The molecule has 0 aliphatic rings. The molecule has 0 radical (unpaired) electrons. The number of hydrogen-bond donors (Lipinski definition) is 2. The number of benzene rings is 2. The predicted octanol–water partition coefficient (Wildman–Crippen LogP) is 3.97. The molecule has 0 bridgehead atoms. The van der Waals surface area contributed by atoms with Crippen LogP contribution in [0.1, 0.15) is 27.2 Å². The second-order valence-electron chi connectivity index (χ2n) is 8.25. The summed E-state index contributed by atoms with van der Waals surface area (Å²) >= 11 is 0. The molecule has 1 atom stereocenters. The molecular formula is C26H34O3Si. The fourth-order valence-corrected chi connectivity index (χ4v) is 8.12. The molecule has 30 heavy (non-hydrogen) atoms. The third kappa shape index (κ3) is 6.38. The van der Waals surface area contributed by atoms with Crippen molar-refractivity contribution in [2.75, 3.05) is 13.2 Å². The maximum Gasteiger partial charge on any atom is 0.261 e. The molecule has 0 aliphatic carbocycles. The maximum absolute atomic E-state index is 9.56. The van der Waals surface area contributed by atoms with Gasteiger partial charge in [-0.3, -0.25) is 0 Å². The second kappa shape index (κ2) is 11.8. The van der Waals surface area contributed by atoms with Crippen LogP contribution in [0.2, 0.25) is 5.04 Å². The zero-order chi connectivity index (χ0) is 21.9. The molecule has 0 saturated carbocycles. The molecule has 0 unspecified atom stereocenters. The molecule has 2 aromatic carbocycles. The predicted molar refractivity (Wildman–Crippen MR) is 129 cm³/mol. The average molecular weight is 423 g/mol. The summed E-state index contributed by atoms with van der Waals surface area (Å²) in [4.78, 5) is 0. The highest BCUT2D eigenvalue weighted by Gasteiger charge is 2.49. The Labute approximate surface area is 182 Å². The number of aliphatic hydroxyl groups excluding tert-OH is 2. The minimum Gasteiger partial charge on any atom is -0.404 e. The van der Waals surface area contributed by atoms with Gasteiger partial charge in [0.25, 0.3) is 8.32 Å². The number of allylic oxidation sites excluding steroid dienone is 4. The molecule has 4 heteroatoms. The van der Waals surface area contributed by atoms with E-state index in [1.54, 1.807) is 12.2 Å². The van der Waals surface area contributed by atoms with Crippen LogP contribution < -0.4 is 10.4 Å². The molecular weight excluding hydrogens is 388 g/mol. The summed E-state index contributed by atoms with van der Waals surface area (Å²) in [6.45, 7) is 7.31. The third-order valence-corrected chi connectivity index (χ3v) is 10.0. The van der Waals surface area contributed by atoms with Crippen molar-refractivity contribution in [3.8, 4) is 0 Å². The lowest BCUT2D eigenvalue weighted by Crippen LogP contribution is -2.66. The van der Waals surface area contributed by atoms with E-state index in [0.717, 1.165) is 0 Å². The van der Waals surface area contributed by atoms with Crippen molar-refractivity contribution in [2.45, 2.75) is 38.3 Å². The molecule has 0 heterocycles. The molecule has 0 aliphatic heterocycles. The highest BCUT2D eigenvalue weighted by molar-refractivity contribution is 6.99. The lowest BCUT2D eigenvalue weighted by Gasteiger charge is -2.42. The summed E-state index contributed by atoms with van der Waals surface area (Å²) in [5.74, 6) is 0. The monoisotopic (exact) mass is 422 g/mol. The average Bonchev–Trinajstić information content (AvgIpc) is 2.73. The zero-order valence-corrected chi connectivity index (χ0v) is 19.2. The maximum atomic E-state index is 9.56. The Balaban J connectivity index is 2.19. The topological polar surface area (TPSA) is 49.7 Å². The minimum atomic E-state index is -2.49. The van der Waals surface area contributed by atoms with Crippen LogP contribution in [0.5, 0.6) is 0 Å². The van der Waals surface area contributed by atoms with E-state index in [2.05, 4.69) is 69.3 Å². The van der Waals surface area contributed by atoms with E-state index in [-0.39, 0.29) is 11.6 Å². The van der Waals surface area contributed by atoms with Gasteiger partial charge >= 0.3 is 0 Å². The molecule has 0 saturated heterocycles. The molecule has 0 fully saturated rings. The second-order valence-corrected chi connectivity index (χ2v) is 12.6. The zero-order valence-electron chi connectivity index (χ0n) is 18.2. The van der Waals surface area contributed by atoms with Gasteiger partial charge in [0.2, 0.25) is 0 Å². The molecule has 0 spiro atoms. The first-order valence-corrected chi connectivity index (χ1v) is 12.4. The minimum absolute atomic E-state index is 0.0191. The highest BCUT2D eigenvalue weighted by Crippen LogP contribution is 2.36.